The van der Waals surface area contributed by atoms with Crippen LogP contribution < -0.4 is 52.2 Å². The molecule has 0 atom stereocenters. The predicted octanol–water partition coefficient (Wildman–Crippen LogP) is 15.3. The van der Waals surface area contributed by atoms with Gasteiger partial charge in [-0.25, -0.2) is 0 Å². The number of nitrogens with zero attached hydrogens (tertiary/aromatic N) is 2. The molecule has 356 valence electrons. The maximum atomic E-state index is 7.45. The van der Waals surface area contributed by atoms with Crippen molar-refractivity contribution in [3.63, 3.8) is 0 Å². The maximum Gasteiger partial charge on any atom is 0.301 e. The first-order chi connectivity index (χ1) is 38.2. The molecule has 18 rings (SSSR count). The zero-order valence-electron chi connectivity index (χ0n) is 41.0. The highest BCUT2D eigenvalue weighted by Gasteiger charge is 2.49. The number of para-hydroxylation sites is 4. The highest BCUT2D eigenvalue weighted by molar-refractivity contribution is 7.26. The Hall–Kier alpha value is -9.27. The SMILES string of the molecule is c1ccc(N2c3ccccc3B3c4cc5c(cc4Oc4cc(-c6cccc7c6sc6ccccc67)cc2c43)Oc2cc(-c3cccc4c3sc3ccccc34)cc3c2B5c2oc4ccccc4c2N3c2ccccc2)cc1. The van der Waals surface area contributed by atoms with E-state index in [1.165, 1.54) is 56.9 Å². The van der Waals surface area contributed by atoms with E-state index in [0.29, 0.717) is 0 Å². The number of benzene rings is 11. The summed E-state index contributed by atoms with van der Waals surface area (Å²) in [4.78, 5) is 4.85. The van der Waals surface area contributed by atoms with Crippen LogP contribution in [0.5, 0.6) is 23.0 Å². The Balaban J connectivity index is 0.891. The summed E-state index contributed by atoms with van der Waals surface area (Å²) < 4.78 is 27.2. The lowest BCUT2D eigenvalue weighted by Crippen LogP contribution is -2.63. The van der Waals surface area contributed by atoms with Crippen LogP contribution in [0.3, 0.4) is 0 Å². The van der Waals surface area contributed by atoms with Crippen LogP contribution in [0.25, 0.3) is 73.6 Å². The molecule has 0 saturated heterocycles. The highest BCUT2D eigenvalue weighted by atomic mass is 32.1. The summed E-state index contributed by atoms with van der Waals surface area (Å²) >= 11 is 3.71. The van der Waals surface area contributed by atoms with Crippen molar-refractivity contribution in [1.82, 2.24) is 0 Å². The van der Waals surface area contributed by atoms with Crippen LogP contribution in [0.15, 0.2) is 235 Å². The van der Waals surface area contributed by atoms with Crippen LogP contribution in [0.4, 0.5) is 34.1 Å². The zero-order chi connectivity index (χ0) is 50.0. The lowest BCUT2D eigenvalue weighted by molar-refractivity contribution is 0.465. The molecular formula is C68H38B2N2O3S2. The van der Waals surface area contributed by atoms with Gasteiger partial charge in [0.15, 0.2) is 0 Å². The molecule has 4 aliphatic heterocycles. The van der Waals surface area contributed by atoms with Crippen molar-refractivity contribution in [3.8, 4) is 45.3 Å². The molecule has 5 nitrogen and oxygen atoms in total. The third-order valence-corrected chi connectivity index (χ3v) is 19.0. The van der Waals surface area contributed by atoms with Crippen molar-refractivity contribution < 1.29 is 13.9 Å². The number of thiophene rings is 2. The van der Waals surface area contributed by atoms with Gasteiger partial charge in [-0.3, -0.25) is 0 Å². The van der Waals surface area contributed by atoms with Crippen LogP contribution in [-0.2, 0) is 0 Å². The Kier molecular flexibility index (Phi) is 8.54. The first-order valence-corrected chi connectivity index (χ1v) is 27.8. The van der Waals surface area contributed by atoms with E-state index in [1.54, 1.807) is 0 Å². The van der Waals surface area contributed by atoms with Gasteiger partial charge < -0.3 is 23.7 Å². The smallest absolute Gasteiger partial charge is 0.301 e. The van der Waals surface area contributed by atoms with Crippen LogP contribution in [0.1, 0.15) is 0 Å². The molecule has 7 heterocycles. The molecule has 0 amide bonds. The first-order valence-electron chi connectivity index (χ1n) is 26.2. The van der Waals surface area contributed by atoms with Gasteiger partial charge in [0.25, 0.3) is 6.71 Å². The standard InChI is InChI=1S/C68H38B2N2O3S2/c1-3-17-41(18-4-1)71-53-29-11-10-28-50(53)69-51-37-52-58(38-57(51)73-59-35-39(33-54(71)63(59)69)43-24-15-26-47-45-21-8-13-31-61(45)76-66(43)47)74-60-36-40(44-25-16-27-48-46-22-9-14-32-62(46)77-67(44)48)34-55-64(60)70(52)68-65(49-23-7-12-30-56(49)75-68)72(55)42-19-5-2-6-20-42/h1-38H. The molecule has 0 spiro atoms. The molecule has 0 fully saturated rings. The summed E-state index contributed by atoms with van der Waals surface area (Å²) in [5.74, 6) is 3.19. The fourth-order valence-corrected chi connectivity index (χ4v) is 15.8. The Bertz CT molecular complexity index is 4870. The van der Waals surface area contributed by atoms with E-state index in [9.17, 15) is 0 Å². The third-order valence-electron chi connectivity index (χ3n) is 16.5. The normalized spacial score (nSPS) is 13.6. The van der Waals surface area contributed by atoms with E-state index in [0.717, 1.165) is 107 Å². The monoisotopic (exact) mass is 1020 g/mol. The van der Waals surface area contributed by atoms with Crippen molar-refractivity contribution in [1.29, 1.82) is 0 Å². The minimum Gasteiger partial charge on any atom is -0.468 e. The van der Waals surface area contributed by atoms with Crippen molar-refractivity contribution in [3.05, 3.63) is 231 Å². The summed E-state index contributed by atoms with van der Waals surface area (Å²) in [5.41, 5.74) is 18.4. The van der Waals surface area contributed by atoms with Crippen molar-refractivity contribution in [2.24, 2.45) is 0 Å². The fraction of sp³-hybridized carbons (Fsp3) is 0. The molecule has 3 aromatic heterocycles. The molecule has 9 heteroatoms. The van der Waals surface area contributed by atoms with E-state index in [2.05, 4.69) is 240 Å². The molecule has 0 N–H and O–H groups in total. The van der Waals surface area contributed by atoms with Crippen LogP contribution >= 0.6 is 22.7 Å². The molecule has 14 aromatic rings. The van der Waals surface area contributed by atoms with Gasteiger partial charge in [0.2, 0.25) is 0 Å². The van der Waals surface area contributed by atoms with Gasteiger partial charge in [-0.1, -0.05) is 146 Å². The topological polar surface area (TPSA) is 38.1 Å². The molecule has 11 aromatic carbocycles. The highest BCUT2D eigenvalue weighted by Crippen LogP contribution is 2.50. The second-order valence-electron chi connectivity index (χ2n) is 20.6. The summed E-state index contributed by atoms with van der Waals surface area (Å²) in [5, 5.41) is 6.14. The lowest BCUT2D eigenvalue weighted by atomic mass is 9.31. The number of rotatable bonds is 4. The van der Waals surface area contributed by atoms with E-state index in [1.807, 2.05) is 22.7 Å². The summed E-state index contributed by atoms with van der Waals surface area (Å²) in [6.07, 6.45) is 0. The van der Waals surface area contributed by atoms with Gasteiger partial charge in [0.05, 0.1) is 11.3 Å². The Labute approximate surface area is 451 Å². The number of fused-ring (bicyclic) bond motifs is 16. The quantitative estimate of drug-likeness (QED) is 0.164. The second-order valence-corrected chi connectivity index (χ2v) is 22.7. The largest absolute Gasteiger partial charge is 0.468 e. The zero-order valence-corrected chi connectivity index (χ0v) is 42.7. The van der Waals surface area contributed by atoms with E-state index in [-0.39, 0.29) is 13.4 Å². The van der Waals surface area contributed by atoms with Crippen molar-refractivity contribution >= 4 is 155 Å². The van der Waals surface area contributed by atoms with Gasteiger partial charge in [-0.2, -0.15) is 0 Å². The van der Waals surface area contributed by atoms with Gasteiger partial charge in [-0.15, -0.1) is 22.7 Å². The Morgan fingerprint density at radius 2 is 0.857 bits per heavy atom. The lowest BCUT2D eigenvalue weighted by Gasteiger charge is -2.41. The van der Waals surface area contributed by atoms with E-state index in [4.69, 9.17) is 13.9 Å². The molecule has 0 saturated carbocycles. The summed E-state index contributed by atoms with van der Waals surface area (Å²) in [6, 6.07) is 83.8. The van der Waals surface area contributed by atoms with Crippen molar-refractivity contribution in [2.75, 3.05) is 9.80 Å². The maximum absolute atomic E-state index is 7.45. The van der Waals surface area contributed by atoms with Crippen LogP contribution in [0.2, 0.25) is 0 Å². The summed E-state index contributed by atoms with van der Waals surface area (Å²) in [7, 11) is 0. The second kappa shape index (κ2) is 15.6. The van der Waals surface area contributed by atoms with Crippen molar-refractivity contribution in [2.45, 2.75) is 0 Å². The number of ether oxygens (including phenoxy) is 2. The third kappa shape index (κ3) is 5.84. The van der Waals surface area contributed by atoms with Gasteiger partial charge in [-0.05, 0) is 123 Å². The molecular weight excluding hydrogens is 979 g/mol. The van der Waals surface area contributed by atoms with Gasteiger partial charge >= 0.3 is 6.71 Å². The number of hydrogen-bond donors (Lipinski definition) is 0. The molecule has 0 unspecified atom stereocenters. The van der Waals surface area contributed by atoms with Crippen LogP contribution in [0, 0.1) is 0 Å². The summed E-state index contributed by atoms with van der Waals surface area (Å²) in [6.45, 7) is -0.445. The molecule has 0 radical (unpaired) electrons. The minimum absolute atomic E-state index is 0.149. The average molecular weight is 1020 g/mol. The van der Waals surface area contributed by atoms with Gasteiger partial charge in [0.1, 0.15) is 28.6 Å². The average Bonchev–Trinajstić information content (AvgIpc) is 4.31. The molecule has 4 aliphatic rings. The Morgan fingerprint density at radius 3 is 1.51 bits per heavy atom. The van der Waals surface area contributed by atoms with E-state index < -0.39 is 0 Å². The number of furan rings is 1. The number of anilines is 6. The van der Waals surface area contributed by atoms with Gasteiger partial charge in [0, 0.05) is 85.7 Å². The molecule has 0 aliphatic carbocycles. The minimum atomic E-state index is -0.296. The fourth-order valence-electron chi connectivity index (χ4n) is 13.3. The number of hydrogen-bond acceptors (Lipinski definition) is 7. The molecule has 0 bridgehead atoms. The van der Waals surface area contributed by atoms with Crippen LogP contribution in [-0.4, -0.2) is 13.4 Å². The first kappa shape index (κ1) is 42.0. The Morgan fingerprint density at radius 1 is 0.351 bits per heavy atom. The van der Waals surface area contributed by atoms with E-state index >= 15 is 0 Å². The molecule has 77 heavy (non-hydrogen) atoms. The predicted molar refractivity (Wildman–Crippen MR) is 325 cm³/mol.